The van der Waals surface area contributed by atoms with Gasteiger partial charge in [-0.05, 0) is 38.8 Å². The van der Waals surface area contributed by atoms with Crippen molar-refractivity contribution in [1.82, 2.24) is 19.6 Å². The maximum Gasteiger partial charge on any atom is 0.319 e. The molecule has 3 rings (SSSR count). The average Bonchev–Trinajstić information content (AvgIpc) is 3.37. The number of nitrogens with zero attached hydrogens (tertiary/aromatic N) is 4. The fourth-order valence-electron chi connectivity index (χ4n) is 3.51. The van der Waals surface area contributed by atoms with Crippen molar-refractivity contribution >= 4 is 40.7 Å². The Balaban J connectivity index is 1.79. The Hall–Kier alpha value is -2.10. The summed E-state index contributed by atoms with van der Waals surface area (Å²) in [7, 11) is 3.51. The molecule has 0 aliphatic carbocycles. The van der Waals surface area contributed by atoms with Gasteiger partial charge in [-0.25, -0.2) is 4.79 Å². The molecule has 1 aliphatic rings. The number of hydrogen-bond donors (Lipinski definition) is 2. The van der Waals surface area contributed by atoms with E-state index < -0.39 is 5.41 Å². The van der Waals surface area contributed by atoms with Gasteiger partial charge in [-0.15, -0.1) is 11.3 Å². The van der Waals surface area contributed by atoms with Gasteiger partial charge in [0.05, 0.1) is 28.6 Å². The molecule has 0 radical (unpaired) electrons. The first-order valence-electron chi connectivity index (χ1n) is 10.3. The van der Waals surface area contributed by atoms with Gasteiger partial charge in [-0.2, -0.15) is 9.78 Å². The van der Waals surface area contributed by atoms with Crippen LogP contribution in [-0.4, -0.2) is 70.4 Å². The van der Waals surface area contributed by atoms with Crippen molar-refractivity contribution < 1.29 is 14.7 Å². The smallest absolute Gasteiger partial charge is 0.319 e. The largest absolute Gasteiger partial charge is 0.395 e. The van der Waals surface area contributed by atoms with E-state index >= 15 is 0 Å². The van der Waals surface area contributed by atoms with Crippen LogP contribution < -0.4 is 5.32 Å². The molecule has 2 N–H and O–H groups in total. The highest BCUT2D eigenvalue weighted by atomic mass is 35.5. The van der Waals surface area contributed by atoms with Crippen molar-refractivity contribution in [3.63, 3.8) is 0 Å². The molecule has 0 unspecified atom stereocenters. The second-order valence-corrected chi connectivity index (χ2v) is 10.5. The Labute approximate surface area is 191 Å². The lowest BCUT2D eigenvalue weighted by molar-refractivity contribution is 0.0615. The Morgan fingerprint density at radius 1 is 1.32 bits per heavy atom. The minimum atomic E-state index is -0.951. The third kappa shape index (κ3) is 5.39. The van der Waals surface area contributed by atoms with Gasteiger partial charge in [0.1, 0.15) is 5.82 Å². The number of amides is 2. The predicted molar refractivity (Wildman–Crippen MR) is 123 cm³/mol. The van der Waals surface area contributed by atoms with E-state index in [2.05, 4.69) is 10.4 Å². The van der Waals surface area contributed by atoms with Crippen molar-refractivity contribution in [2.45, 2.75) is 39.2 Å². The second-order valence-electron chi connectivity index (χ2n) is 8.71. The van der Waals surface area contributed by atoms with E-state index in [0.29, 0.717) is 29.8 Å². The molecule has 1 fully saturated rings. The zero-order chi connectivity index (χ0) is 22.8. The van der Waals surface area contributed by atoms with Gasteiger partial charge in [0.2, 0.25) is 0 Å². The molecule has 2 aromatic rings. The molecule has 2 aromatic heterocycles. The molecular weight excluding hydrogens is 438 g/mol. The van der Waals surface area contributed by atoms with Crippen LogP contribution in [0.3, 0.4) is 0 Å². The summed E-state index contributed by atoms with van der Waals surface area (Å²) in [6.07, 6.45) is 1.57. The van der Waals surface area contributed by atoms with Crippen LogP contribution in [0.25, 0.3) is 0 Å². The maximum atomic E-state index is 13.1. The van der Waals surface area contributed by atoms with Crippen LogP contribution in [0.4, 0.5) is 10.6 Å². The van der Waals surface area contributed by atoms with Gasteiger partial charge < -0.3 is 20.2 Å². The number of nitrogens with one attached hydrogen (secondary N) is 1. The number of anilines is 1. The first-order chi connectivity index (χ1) is 14.6. The summed E-state index contributed by atoms with van der Waals surface area (Å²) in [6.45, 7) is 4.95. The van der Waals surface area contributed by atoms with E-state index in [-0.39, 0.29) is 24.5 Å². The SMILES string of the molecule is CN(C)C(=O)N1CCC(c2cc(NCc3ccc(Cl)s3)n(C(=O)C(C)(C)CO)n2)CC1. The van der Waals surface area contributed by atoms with Gasteiger partial charge in [-0.1, -0.05) is 11.6 Å². The first-order valence-corrected chi connectivity index (χ1v) is 11.5. The van der Waals surface area contributed by atoms with Crippen molar-refractivity contribution in [3.05, 3.63) is 33.1 Å². The molecule has 8 nitrogen and oxygen atoms in total. The molecule has 0 bridgehead atoms. The molecule has 170 valence electrons. The van der Waals surface area contributed by atoms with E-state index in [9.17, 15) is 14.7 Å². The number of carbonyl (C=O) groups excluding carboxylic acids is 2. The monoisotopic (exact) mass is 467 g/mol. The van der Waals surface area contributed by atoms with Crippen LogP contribution in [0.15, 0.2) is 18.2 Å². The lowest BCUT2D eigenvalue weighted by Gasteiger charge is -2.33. The summed E-state index contributed by atoms with van der Waals surface area (Å²) in [5.41, 5.74) is -0.126. The highest BCUT2D eigenvalue weighted by molar-refractivity contribution is 7.16. The van der Waals surface area contributed by atoms with Crippen molar-refractivity contribution in [2.75, 3.05) is 39.1 Å². The molecule has 31 heavy (non-hydrogen) atoms. The van der Waals surface area contributed by atoms with Crippen molar-refractivity contribution in [1.29, 1.82) is 0 Å². The predicted octanol–water partition coefficient (Wildman–Crippen LogP) is 3.73. The first kappa shape index (κ1) is 23.6. The summed E-state index contributed by atoms with van der Waals surface area (Å²) in [5.74, 6) is 0.486. The van der Waals surface area contributed by atoms with Gasteiger partial charge in [0, 0.05) is 44.0 Å². The van der Waals surface area contributed by atoms with Crippen molar-refractivity contribution in [2.24, 2.45) is 5.41 Å². The topological polar surface area (TPSA) is 90.7 Å². The number of piperidine rings is 1. The van der Waals surface area contributed by atoms with E-state index in [1.807, 2.05) is 23.1 Å². The molecule has 0 atom stereocenters. The summed E-state index contributed by atoms with van der Waals surface area (Å²) in [4.78, 5) is 29.7. The van der Waals surface area contributed by atoms with E-state index in [4.69, 9.17) is 11.6 Å². The average molecular weight is 468 g/mol. The number of urea groups is 1. The summed E-state index contributed by atoms with van der Waals surface area (Å²) < 4.78 is 2.08. The number of carbonyl (C=O) groups is 2. The lowest BCUT2D eigenvalue weighted by Crippen LogP contribution is -2.43. The molecule has 0 spiro atoms. The van der Waals surface area contributed by atoms with E-state index in [0.717, 1.165) is 23.4 Å². The minimum Gasteiger partial charge on any atom is -0.395 e. The summed E-state index contributed by atoms with van der Waals surface area (Å²) in [5, 5.41) is 17.6. The van der Waals surface area contributed by atoms with Crippen LogP contribution >= 0.6 is 22.9 Å². The molecule has 2 amide bonds. The second kappa shape index (κ2) is 9.58. The van der Waals surface area contributed by atoms with Crippen LogP contribution in [0.2, 0.25) is 4.34 Å². The third-order valence-corrected chi connectivity index (χ3v) is 6.76. The summed E-state index contributed by atoms with van der Waals surface area (Å²) >= 11 is 7.50. The van der Waals surface area contributed by atoms with Gasteiger partial charge >= 0.3 is 6.03 Å². The van der Waals surface area contributed by atoms with Crippen LogP contribution in [0.5, 0.6) is 0 Å². The van der Waals surface area contributed by atoms with Crippen LogP contribution in [0.1, 0.15) is 48.0 Å². The molecule has 10 heteroatoms. The number of rotatable bonds is 6. The minimum absolute atomic E-state index is 0.0146. The molecule has 1 aliphatic heterocycles. The number of thiophene rings is 1. The van der Waals surface area contributed by atoms with Crippen LogP contribution in [-0.2, 0) is 6.54 Å². The van der Waals surface area contributed by atoms with Gasteiger partial charge in [0.15, 0.2) is 0 Å². The normalized spacial score (nSPS) is 15.2. The molecule has 1 saturated heterocycles. The number of hydrogen-bond acceptors (Lipinski definition) is 6. The lowest BCUT2D eigenvalue weighted by atomic mass is 9.94. The zero-order valence-corrected chi connectivity index (χ0v) is 20.0. The standard InChI is InChI=1S/C21H30ClN5O3S/c1-21(2,13-28)19(29)27-18(23-12-15-5-6-17(22)31-15)11-16(24-27)14-7-9-26(10-8-14)20(30)25(3)4/h5-6,11,14,23,28H,7-10,12-13H2,1-4H3. The number of aromatic nitrogens is 2. The molecule has 3 heterocycles. The maximum absolute atomic E-state index is 13.1. The zero-order valence-electron chi connectivity index (χ0n) is 18.4. The van der Waals surface area contributed by atoms with Crippen molar-refractivity contribution in [3.8, 4) is 0 Å². The Morgan fingerprint density at radius 3 is 2.55 bits per heavy atom. The Morgan fingerprint density at radius 2 is 2.00 bits per heavy atom. The summed E-state index contributed by atoms with van der Waals surface area (Å²) in [6, 6.07) is 5.71. The quantitative estimate of drug-likeness (QED) is 0.675. The highest BCUT2D eigenvalue weighted by Crippen LogP contribution is 2.31. The molecular formula is C21H30ClN5O3S. The van der Waals surface area contributed by atoms with E-state index in [1.165, 1.54) is 16.0 Å². The van der Waals surface area contributed by atoms with Crippen LogP contribution in [0, 0.1) is 5.41 Å². The van der Waals surface area contributed by atoms with E-state index in [1.54, 1.807) is 32.8 Å². The highest BCUT2D eigenvalue weighted by Gasteiger charge is 2.33. The van der Waals surface area contributed by atoms with Gasteiger partial charge in [-0.3, -0.25) is 4.79 Å². The third-order valence-electron chi connectivity index (χ3n) is 5.53. The Bertz CT molecular complexity index is 931. The van der Waals surface area contributed by atoms with Gasteiger partial charge in [0.25, 0.3) is 5.91 Å². The number of halogens is 1. The molecule has 0 saturated carbocycles. The molecule has 0 aromatic carbocycles. The fraction of sp³-hybridized carbons (Fsp3) is 0.571. The Kier molecular flexibility index (Phi) is 7.28. The number of aliphatic hydroxyl groups is 1. The fourth-order valence-corrected chi connectivity index (χ4v) is 4.54. The number of likely N-dealkylation sites (tertiary alicyclic amines) is 1. The number of aliphatic hydroxyl groups excluding tert-OH is 1.